The quantitative estimate of drug-likeness (QED) is 0.0896. The van der Waals surface area contributed by atoms with E-state index in [1.54, 1.807) is 18.6 Å². The molecule has 0 aliphatic carbocycles. The van der Waals surface area contributed by atoms with Crippen molar-refractivity contribution in [3.8, 4) is 33.7 Å². The molecule has 8 nitrogen and oxygen atoms in total. The molecular weight excluding hydrogens is 639 g/mol. The molecule has 1 N–H and O–H groups in total. The van der Waals surface area contributed by atoms with Crippen LogP contribution in [-0.4, -0.2) is 40.9 Å². The molecule has 0 atom stereocenters. The molecule has 0 aliphatic rings. The topological polar surface area (TPSA) is 99.5 Å². The predicted molar refractivity (Wildman–Crippen MR) is 187 cm³/mol. The van der Waals surface area contributed by atoms with Crippen LogP contribution in [0.2, 0.25) is 0 Å². The van der Waals surface area contributed by atoms with Gasteiger partial charge in [-0.25, -0.2) is 9.78 Å². The number of aromatic nitrogens is 2. The molecule has 3 heterocycles. The van der Waals surface area contributed by atoms with Crippen LogP contribution in [-0.2, 0) is 9.53 Å². The van der Waals surface area contributed by atoms with Crippen LogP contribution in [0.1, 0.15) is 22.2 Å². The number of hydrogen-bond acceptors (Lipinski definition) is 9. The lowest BCUT2D eigenvalue weighted by Gasteiger charge is -2.13. The van der Waals surface area contributed by atoms with Gasteiger partial charge < -0.3 is 14.8 Å². The van der Waals surface area contributed by atoms with E-state index >= 15 is 0 Å². The van der Waals surface area contributed by atoms with Crippen molar-refractivity contribution >= 4 is 61.5 Å². The second-order valence-corrected chi connectivity index (χ2v) is 13.1. The number of methoxy groups -OCH3 is 1. The molecule has 1 amide bonds. The van der Waals surface area contributed by atoms with Gasteiger partial charge in [-0.3, -0.25) is 14.2 Å². The summed E-state index contributed by atoms with van der Waals surface area (Å²) in [7, 11) is 1.59. The molecule has 0 fully saturated rings. The Morgan fingerprint density at radius 1 is 0.957 bits per heavy atom. The number of aryl methyl sites for hydroxylation is 1. The van der Waals surface area contributed by atoms with Crippen molar-refractivity contribution in [1.82, 2.24) is 9.55 Å². The van der Waals surface area contributed by atoms with Crippen LogP contribution in [0.3, 0.4) is 0 Å². The van der Waals surface area contributed by atoms with Crippen LogP contribution in [0.25, 0.3) is 38.2 Å². The summed E-state index contributed by atoms with van der Waals surface area (Å²) >= 11 is 3.87. The first-order chi connectivity index (χ1) is 22.4. The second kappa shape index (κ2) is 13.7. The minimum atomic E-state index is -0.523. The molecule has 3 aromatic heterocycles. The maximum absolute atomic E-state index is 14.2. The van der Waals surface area contributed by atoms with Gasteiger partial charge in [0.15, 0.2) is 5.16 Å². The number of carbonyl (C=O) groups is 2. The van der Waals surface area contributed by atoms with Gasteiger partial charge in [0.2, 0.25) is 5.91 Å². The van der Waals surface area contributed by atoms with Gasteiger partial charge in [-0.1, -0.05) is 72.4 Å². The summed E-state index contributed by atoms with van der Waals surface area (Å²) in [4.78, 5) is 47.2. The lowest BCUT2D eigenvalue weighted by Crippen LogP contribution is -2.23. The van der Waals surface area contributed by atoms with Crippen molar-refractivity contribution in [2.75, 3.05) is 24.8 Å². The zero-order valence-corrected chi connectivity index (χ0v) is 27.7. The molecule has 0 saturated heterocycles. The van der Waals surface area contributed by atoms with E-state index in [2.05, 4.69) is 5.32 Å². The molecule has 0 bridgehead atoms. The minimum absolute atomic E-state index is 0.0429. The van der Waals surface area contributed by atoms with Crippen LogP contribution < -0.4 is 15.6 Å². The van der Waals surface area contributed by atoms with E-state index < -0.39 is 5.97 Å². The summed E-state index contributed by atoms with van der Waals surface area (Å²) in [6, 6.07) is 26.4. The highest BCUT2D eigenvalue weighted by Crippen LogP contribution is 2.38. The second-order valence-electron chi connectivity index (χ2n) is 10.1. The average Bonchev–Trinajstić information content (AvgIpc) is 3.65. The summed E-state index contributed by atoms with van der Waals surface area (Å²) < 4.78 is 12.2. The monoisotopic (exact) mass is 667 g/mol. The van der Waals surface area contributed by atoms with Gasteiger partial charge in [0.25, 0.3) is 5.56 Å². The number of nitrogens with zero attached hydrogens (tertiary/aromatic N) is 2. The normalized spacial score (nSPS) is 11.0. The molecule has 46 heavy (non-hydrogen) atoms. The Morgan fingerprint density at radius 2 is 1.65 bits per heavy atom. The number of rotatable bonds is 10. The standard InChI is InChI=1S/C35H29N3O5S3/c1-4-43-34(41)29-26(22-15-17-25(42-3)18-16-22)19-44-31(29)36-27(39)20-45-35-37-32-30(33(40)38(35)24-13-9-6-10-14-24)28(21(2)46-32)23-11-7-5-8-12-23/h5-19H,4,20H2,1-3H3,(H,36,39). The maximum Gasteiger partial charge on any atom is 0.341 e. The number of thioether (sulfide) groups is 1. The number of fused-ring (bicyclic) bond motifs is 1. The summed E-state index contributed by atoms with van der Waals surface area (Å²) in [5.74, 6) is -0.222. The first-order valence-electron chi connectivity index (χ1n) is 14.4. The van der Waals surface area contributed by atoms with Crippen molar-refractivity contribution in [1.29, 1.82) is 0 Å². The Balaban J connectivity index is 1.33. The molecular formula is C35H29N3O5S3. The maximum atomic E-state index is 14.2. The van der Waals surface area contributed by atoms with Crippen LogP contribution in [0.15, 0.2) is 100 Å². The molecule has 6 rings (SSSR count). The summed E-state index contributed by atoms with van der Waals surface area (Å²) in [6.07, 6.45) is 0. The lowest BCUT2D eigenvalue weighted by atomic mass is 10.0. The number of anilines is 1. The number of thiophene rings is 2. The predicted octanol–water partition coefficient (Wildman–Crippen LogP) is 8.07. The molecule has 232 valence electrons. The van der Waals surface area contributed by atoms with Crippen molar-refractivity contribution in [3.63, 3.8) is 0 Å². The number of hydrogen-bond donors (Lipinski definition) is 1. The summed E-state index contributed by atoms with van der Waals surface area (Å²) in [6.45, 7) is 3.92. The third-order valence-corrected chi connectivity index (χ3v) is 10.0. The molecule has 0 unspecified atom stereocenters. The Kier molecular flexibility index (Phi) is 9.34. The number of nitrogens with one attached hydrogen (secondary N) is 1. The Morgan fingerprint density at radius 3 is 2.33 bits per heavy atom. The SMILES string of the molecule is CCOC(=O)c1c(-c2ccc(OC)cc2)csc1NC(=O)CSc1nc2sc(C)c(-c3ccccc3)c2c(=O)n1-c1ccccc1. The number of carbonyl (C=O) groups excluding carboxylic acids is 2. The van der Waals surface area contributed by atoms with Gasteiger partial charge in [-0.15, -0.1) is 22.7 Å². The van der Waals surface area contributed by atoms with E-state index in [1.165, 1.54) is 22.7 Å². The van der Waals surface area contributed by atoms with Crippen molar-refractivity contribution in [2.24, 2.45) is 0 Å². The molecule has 0 spiro atoms. The number of amides is 1. The zero-order chi connectivity index (χ0) is 32.2. The lowest BCUT2D eigenvalue weighted by molar-refractivity contribution is -0.113. The van der Waals surface area contributed by atoms with Crippen molar-refractivity contribution < 1.29 is 19.1 Å². The number of ether oxygens (including phenoxy) is 2. The number of para-hydroxylation sites is 1. The van der Waals surface area contributed by atoms with Crippen molar-refractivity contribution in [3.05, 3.63) is 111 Å². The van der Waals surface area contributed by atoms with E-state index in [4.69, 9.17) is 14.5 Å². The summed E-state index contributed by atoms with van der Waals surface area (Å²) in [5, 5.41) is 6.06. The highest BCUT2D eigenvalue weighted by atomic mass is 32.2. The first-order valence-corrected chi connectivity index (χ1v) is 17.1. The van der Waals surface area contributed by atoms with E-state index in [9.17, 15) is 14.4 Å². The van der Waals surface area contributed by atoms with E-state index in [1.807, 2.05) is 97.2 Å². The van der Waals surface area contributed by atoms with Crippen LogP contribution in [0, 0.1) is 6.92 Å². The molecule has 6 aromatic rings. The fraction of sp³-hybridized carbons (Fsp3) is 0.143. The number of benzene rings is 3. The van der Waals surface area contributed by atoms with Crippen LogP contribution >= 0.6 is 34.4 Å². The van der Waals surface area contributed by atoms with Crippen LogP contribution in [0.4, 0.5) is 5.00 Å². The fourth-order valence-corrected chi connectivity index (χ4v) is 8.00. The summed E-state index contributed by atoms with van der Waals surface area (Å²) in [5.41, 5.74) is 4.01. The van der Waals surface area contributed by atoms with E-state index in [0.29, 0.717) is 42.9 Å². The van der Waals surface area contributed by atoms with Gasteiger partial charge in [0.1, 0.15) is 21.1 Å². The van der Waals surface area contributed by atoms with Gasteiger partial charge in [0, 0.05) is 21.4 Å². The van der Waals surface area contributed by atoms with Gasteiger partial charge in [-0.05, 0) is 49.2 Å². The Bertz CT molecular complexity index is 2090. The van der Waals surface area contributed by atoms with Gasteiger partial charge in [0.05, 0.1) is 30.5 Å². The third-order valence-electron chi connectivity index (χ3n) is 7.20. The van der Waals surface area contributed by atoms with E-state index in [-0.39, 0.29) is 23.8 Å². The van der Waals surface area contributed by atoms with E-state index in [0.717, 1.165) is 33.3 Å². The minimum Gasteiger partial charge on any atom is -0.497 e. The molecule has 0 saturated carbocycles. The fourth-order valence-electron chi connectivity index (χ4n) is 5.13. The third kappa shape index (κ3) is 6.21. The Hall–Kier alpha value is -4.71. The number of esters is 1. The van der Waals surface area contributed by atoms with Crippen molar-refractivity contribution in [2.45, 2.75) is 19.0 Å². The first kappa shape index (κ1) is 31.3. The van der Waals surface area contributed by atoms with Gasteiger partial charge >= 0.3 is 5.97 Å². The van der Waals surface area contributed by atoms with Crippen LogP contribution in [0.5, 0.6) is 5.75 Å². The highest BCUT2D eigenvalue weighted by molar-refractivity contribution is 7.99. The van der Waals surface area contributed by atoms with Gasteiger partial charge in [-0.2, -0.15) is 0 Å². The molecule has 0 aliphatic heterocycles. The smallest absolute Gasteiger partial charge is 0.341 e. The average molecular weight is 668 g/mol. The Labute approximate surface area is 277 Å². The largest absolute Gasteiger partial charge is 0.497 e. The highest BCUT2D eigenvalue weighted by Gasteiger charge is 2.24. The molecule has 3 aromatic carbocycles. The molecule has 0 radical (unpaired) electrons. The molecule has 11 heteroatoms. The zero-order valence-electron chi connectivity index (χ0n) is 25.2.